The van der Waals surface area contributed by atoms with E-state index in [1.54, 1.807) is 0 Å². The summed E-state index contributed by atoms with van der Waals surface area (Å²) in [5.74, 6) is 0.432. The third-order valence-electron chi connectivity index (χ3n) is 4.07. The van der Waals surface area contributed by atoms with Gasteiger partial charge in [0, 0.05) is 30.4 Å². The molecule has 142 valence electrons. The minimum atomic E-state index is -0.556. The molecule has 0 bridgehead atoms. The van der Waals surface area contributed by atoms with E-state index in [0.717, 1.165) is 10.9 Å². The molecule has 6 heteroatoms. The van der Waals surface area contributed by atoms with Gasteiger partial charge in [0.2, 0.25) is 0 Å². The molecule has 0 aromatic heterocycles. The molecule has 0 saturated carbocycles. The van der Waals surface area contributed by atoms with E-state index in [9.17, 15) is 5.11 Å². The summed E-state index contributed by atoms with van der Waals surface area (Å²) in [5, 5.41) is 12.8. The fraction of sp³-hybridized carbons (Fsp3) is 0.400. The summed E-state index contributed by atoms with van der Waals surface area (Å²) < 4.78 is 0. The average molecular weight is 448 g/mol. The minimum absolute atomic E-state index is 0.0787. The van der Waals surface area contributed by atoms with Crippen LogP contribution in [-0.4, -0.2) is 19.2 Å². The number of nitrogens with zero attached hydrogens (tertiary/aromatic N) is 1. The topological polar surface area (TPSA) is 23.5 Å². The second-order valence-corrected chi connectivity index (χ2v) is 11.5. The molecule has 2 aromatic rings. The van der Waals surface area contributed by atoms with Gasteiger partial charge < -0.3 is 10.0 Å². The molecule has 0 fully saturated rings. The molecule has 0 spiro atoms. The Morgan fingerprint density at radius 2 is 1.58 bits per heavy atom. The molecule has 0 radical (unpaired) electrons. The van der Waals surface area contributed by atoms with Crippen molar-refractivity contribution < 1.29 is 22.1 Å². The fourth-order valence-electron chi connectivity index (χ4n) is 2.57. The third kappa shape index (κ3) is 6.73. The zero-order valence-electron chi connectivity index (χ0n) is 16.5. The number of aryl methyl sites for hydroxylation is 2. The van der Waals surface area contributed by atoms with Crippen LogP contribution in [0.25, 0.3) is 0 Å². The predicted molar refractivity (Wildman–Crippen MR) is 116 cm³/mol. The van der Waals surface area contributed by atoms with Crippen LogP contribution in [0.1, 0.15) is 37.5 Å². The van der Waals surface area contributed by atoms with E-state index < -0.39 is 17.0 Å². The van der Waals surface area contributed by atoms with Gasteiger partial charge in [0.25, 0.3) is 0 Å². The van der Waals surface area contributed by atoms with Crippen LogP contribution in [0, 0.1) is 13.8 Å². The molecular weight excluding hydrogens is 420 g/mol. The third-order valence-corrected chi connectivity index (χ3v) is 5.41. The summed E-state index contributed by atoms with van der Waals surface area (Å²) in [6.45, 7) is 10.7. The van der Waals surface area contributed by atoms with Gasteiger partial charge >= 0.3 is 35.6 Å². The molecule has 0 aliphatic heterocycles. The van der Waals surface area contributed by atoms with E-state index in [1.807, 2.05) is 6.92 Å². The molecule has 1 N–H and O–H groups in total. The standard InChI is InChI=1S/C20H28NOP.2ClH.Ti/c1-13-8-9-17(16(10-13)21(6)7)23-18-12-15(20(3,4)5)11-14(2)19(18)22;;;/h8-12,22-23H,1-7H3;2*1H;/q;;;+2/p-2. The zero-order valence-corrected chi connectivity index (χ0v) is 20.6. The first kappa shape index (κ1) is 23.8. The molecule has 1 unspecified atom stereocenters. The Labute approximate surface area is 176 Å². The van der Waals surface area contributed by atoms with Crippen LogP contribution < -0.4 is 15.5 Å². The number of phenols is 1. The number of hydrogen-bond acceptors (Lipinski definition) is 2. The van der Waals surface area contributed by atoms with Gasteiger partial charge in [-0.3, -0.25) is 0 Å². The predicted octanol–water partition coefficient (Wildman–Crippen LogP) is 5.38. The number of hydrogen-bond donors (Lipinski definition) is 1. The quantitative estimate of drug-likeness (QED) is 0.504. The fourth-order valence-corrected chi connectivity index (χ4v) is 3.99. The Bertz CT molecular complexity index is 745. The Morgan fingerprint density at radius 3 is 2.08 bits per heavy atom. The van der Waals surface area contributed by atoms with Crippen LogP contribution in [0.15, 0.2) is 30.3 Å². The number of aromatic hydroxyl groups is 1. The Hall–Kier alpha value is -0.236. The van der Waals surface area contributed by atoms with Gasteiger partial charge in [0.05, 0.1) is 0 Å². The number of anilines is 1. The molecular formula is C20H28Cl2NOPTi. The molecule has 0 aliphatic carbocycles. The Morgan fingerprint density at radius 1 is 1.00 bits per heavy atom. The van der Waals surface area contributed by atoms with Crippen molar-refractivity contribution >= 4 is 43.5 Å². The maximum absolute atomic E-state index is 10.5. The van der Waals surface area contributed by atoms with Crippen LogP contribution in [0.4, 0.5) is 5.69 Å². The van der Waals surface area contributed by atoms with E-state index in [4.69, 9.17) is 18.6 Å². The van der Waals surface area contributed by atoms with Gasteiger partial charge in [-0.05, 0) is 48.1 Å². The second kappa shape index (κ2) is 10.3. The van der Waals surface area contributed by atoms with E-state index >= 15 is 0 Å². The van der Waals surface area contributed by atoms with E-state index in [-0.39, 0.29) is 5.41 Å². The van der Waals surface area contributed by atoms with Crippen LogP contribution >= 0.6 is 27.2 Å². The summed E-state index contributed by atoms with van der Waals surface area (Å²) in [5.41, 5.74) is 4.79. The van der Waals surface area contributed by atoms with Crippen molar-refractivity contribution in [1.29, 1.82) is 0 Å². The van der Waals surface area contributed by atoms with Gasteiger partial charge in [-0.25, -0.2) is 0 Å². The average Bonchev–Trinajstić information content (AvgIpc) is 2.52. The SMILES string of the molecule is Cc1ccc(Pc2cc(C(C)(C)C)cc(C)c2O)c(N(C)C)c1.[Cl][Ti][Cl]. The van der Waals surface area contributed by atoms with Crippen molar-refractivity contribution in [3.8, 4) is 5.75 Å². The van der Waals surface area contributed by atoms with E-state index in [1.165, 1.54) is 22.1 Å². The van der Waals surface area contributed by atoms with Crippen molar-refractivity contribution in [3.63, 3.8) is 0 Å². The first-order valence-corrected chi connectivity index (χ1v) is 13.7. The molecule has 0 heterocycles. The van der Waals surface area contributed by atoms with Gasteiger partial charge in [0.15, 0.2) is 0 Å². The molecule has 2 nitrogen and oxygen atoms in total. The monoisotopic (exact) mass is 447 g/mol. The Kier molecular flexibility index (Phi) is 9.47. The van der Waals surface area contributed by atoms with Gasteiger partial charge in [-0.15, -0.1) is 0 Å². The van der Waals surface area contributed by atoms with Crippen molar-refractivity contribution in [1.82, 2.24) is 0 Å². The van der Waals surface area contributed by atoms with Crippen LogP contribution in [-0.2, 0) is 22.4 Å². The molecule has 0 aliphatic rings. The molecule has 1 atom stereocenters. The maximum atomic E-state index is 10.5. The number of halogens is 2. The van der Waals surface area contributed by atoms with Gasteiger partial charge in [-0.2, -0.15) is 0 Å². The van der Waals surface area contributed by atoms with Crippen molar-refractivity contribution in [3.05, 3.63) is 47.0 Å². The van der Waals surface area contributed by atoms with Gasteiger partial charge in [0.1, 0.15) is 5.75 Å². The molecule has 2 aromatic carbocycles. The molecule has 26 heavy (non-hydrogen) atoms. The molecule has 0 amide bonds. The van der Waals surface area contributed by atoms with E-state index in [0.29, 0.717) is 14.3 Å². The first-order valence-electron chi connectivity index (χ1n) is 8.36. The van der Waals surface area contributed by atoms with Crippen molar-refractivity contribution in [2.24, 2.45) is 0 Å². The second-order valence-electron chi connectivity index (χ2n) is 7.55. The Balaban J connectivity index is 0.00000105. The summed E-state index contributed by atoms with van der Waals surface area (Å²) in [6, 6.07) is 10.8. The van der Waals surface area contributed by atoms with Crippen molar-refractivity contribution in [2.45, 2.75) is 40.0 Å². The summed E-state index contributed by atoms with van der Waals surface area (Å²) >= 11 is -0.556. The van der Waals surface area contributed by atoms with Crippen LogP contribution in [0.3, 0.4) is 0 Å². The summed E-state index contributed by atoms with van der Waals surface area (Å²) in [6.07, 6.45) is 0. The van der Waals surface area contributed by atoms with Crippen molar-refractivity contribution in [2.75, 3.05) is 19.0 Å². The number of phenolic OH excluding ortho intramolecular Hbond substituents is 1. The zero-order chi connectivity index (χ0) is 20.1. The van der Waals surface area contributed by atoms with Crippen LogP contribution in [0.2, 0.25) is 0 Å². The summed E-state index contributed by atoms with van der Waals surface area (Å²) in [4.78, 5) is 2.15. The summed E-state index contributed by atoms with van der Waals surface area (Å²) in [7, 11) is 14.4. The number of rotatable bonds is 3. The first-order chi connectivity index (χ1) is 12.0. The normalized spacial score (nSPS) is 11.3. The van der Waals surface area contributed by atoms with E-state index in [2.05, 4.69) is 77.0 Å². The molecule has 2 rings (SSSR count). The molecule has 0 saturated heterocycles. The van der Waals surface area contributed by atoms with Gasteiger partial charge in [-0.1, -0.05) is 47.6 Å². The van der Waals surface area contributed by atoms with Crippen LogP contribution in [0.5, 0.6) is 5.75 Å². The number of benzene rings is 2.